The molecule has 0 aliphatic carbocycles. The zero-order chi connectivity index (χ0) is 20.6. The SMILES string of the molecule is C=CCn1c(SCC(=O)NCc2ccc(OC)cc2)nnc1-c1ccc(Cl)cc1. The largest absolute Gasteiger partial charge is 0.497 e. The van der Waals surface area contributed by atoms with Gasteiger partial charge in [-0.1, -0.05) is 41.6 Å². The molecule has 0 aliphatic rings. The standard InChI is InChI=1S/C21H21ClN4O2S/c1-3-12-26-20(16-6-8-17(22)9-7-16)24-25-21(26)29-14-19(27)23-13-15-4-10-18(28-2)11-5-15/h3-11H,1,12-14H2,2H3,(H,23,27). The zero-order valence-corrected chi connectivity index (χ0v) is 17.5. The van der Waals surface area contributed by atoms with Crippen molar-refractivity contribution < 1.29 is 9.53 Å². The van der Waals surface area contributed by atoms with Gasteiger partial charge in [-0.3, -0.25) is 9.36 Å². The normalized spacial score (nSPS) is 10.6. The Kier molecular flexibility index (Phi) is 7.32. The van der Waals surface area contributed by atoms with E-state index in [0.717, 1.165) is 16.9 Å². The van der Waals surface area contributed by atoms with Crippen molar-refractivity contribution in [1.82, 2.24) is 20.1 Å². The van der Waals surface area contributed by atoms with Gasteiger partial charge in [0.1, 0.15) is 5.75 Å². The van der Waals surface area contributed by atoms with Gasteiger partial charge in [0, 0.05) is 23.7 Å². The molecule has 3 aromatic rings. The summed E-state index contributed by atoms with van der Waals surface area (Å²) in [6.07, 6.45) is 1.77. The number of hydrogen-bond acceptors (Lipinski definition) is 5. The maximum Gasteiger partial charge on any atom is 0.230 e. The number of carbonyl (C=O) groups is 1. The molecule has 0 saturated heterocycles. The lowest BCUT2D eigenvalue weighted by molar-refractivity contribution is -0.118. The fourth-order valence-electron chi connectivity index (χ4n) is 2.63. The third-order valence-corrected chi connectivity index (χ3v) is 5.33. The first kappa shape index (κ1) is 21.0. The Morgan fingerprint density at radius 1 is 1.21 bits per heavy atom. The van der Waals surface area contributed by atoms with Gasteiger partial charge in [0.25, 0.3) is 0 Å². The Morgan fingerprint density at radius 3 is 2.59 bits per heavy atom. The van der Waals surface area contributed by atoms with Crippen LogP contribution in [0.3, 0.4) is 0 Å². The number of ether oxygens (including phenoxy) is 1. The van der Waals surface area contributed by atoms with Crippen LogP contribution in [0.1, 0.15) is 5.56 Å². The van der Waals surface area contributed by atoms with Crippen LogP contribution in [0.2, 0.25) is 5.02 Å². The number of nitrogens with one attached hydrogen (secondary N) is 1. The molecule has 0 atom stereocenters. The third-order valence-electron chi connectivity index (χ3n) is 4.11. The highest BCUT2D eigenvalue weighted by atomic mass is 35.5. The molecule has 3 rings (SSSR count). The molecular formula is C21H21ClN4O2S. The van der Waals surface area contributed by atoms with Crippen molar-refractivity contribution in [2.75, 3.05) is 12.9 Å². The van der Waals surface area contributed by atoms with Gasteiger partial charge in [0.05, 0.1) is 12.9 Å². The number of benzene rings is 2. The van der Waals surface area contributed by atoms with E-state index in [-0.39, 0.29) is 11.7 Å². The minimum atomic E-state index is -0.0768. The average Bonchev–Trinajstić information content (AvgIpc) is 3.14. The number of nitrogens with zero attached hydrogens (tertiary/aromatic N) is 3. The van der Waals surface area contributed by atoms with E-state index in [4.69, 9.17) is 16.3 Å². The molecule has 1 aromatic heterocycles. The summed E-state index contributed by atoms with van der Waals surface area (Å²) >= 11 is 7.30. The summed E-state index contributed by atoms with van der Waals surface area (Å²) in [5.74, 6) is 1.66. The Morgan fingerprint density at radius 2 is 1.93 bits per heavy atom. The topological polar surface area (TPSA) is 69.0 Å². The molecule has 1 N–H and O–H groups in total. The predicted octanol–water partition coefficient (Wildman–Crippen LogP) is 4.20. The molecule has 0 bridgehead atoms. The number of aromatic nitrogens is 3. The monoisotopic (exact) mass is 428 g/mol. The van der Waals surface area contributed by atoms with E-state index in [1.807, 2.05) is 53.1 Å². The molecule has 1 heterocycles. The Bertz CT molecular complexity index is 971. The molecule has 29 heavy (non-hydrogen) atoms. The fourth-order valence-corrected chi connectivity index (χ4v) is 3.53. The average molecular weight is 429 g/mol. The lowest BCUT2D eigenvalue weighted by Gasteiger charge is -2.08. The van der Waals surface area contributed by atoms with Gasteiger partial charge in [0.2, 0.25) is 5.91 Å². The molecule has 0 aliphatic heterocycles. The van der Waals surface area contributed by atoms with Gasteiger partial charge in [-0.2, -0.15) is 0 Å². The second-order valence-electron chi connectivity index (χ2n) is 6.13. The molecule has 6 nitrogen and oxygen atoms in total. The van der Waals surface area contributed by atoms with E-state index in [1.165, 1.54) is 11.8 Å². The highest BCUT2D eigenvalue weighted by Crippen LogP contribution is 2.25. The van der Waals surface area contributed by atoms with Gasteiger partial charge in [-0.25, -0.2) is 0 Å². The van der Waals surface area contributed by atoms with Gasteiger partial charge in [-0.05, 0) is 42.0 Å². The Balaban J connectivity index is 1.61. The van der Waals surface area contributed by atoms with E-state index in [9.17, 15) is 4.79 Å². The minimum absolute atomic E-state index is 0.0768. The van der Waals surface area contributed by atoms with E-state index in [2.05, 4.69) is 22.1 Å². The van der Waals surface area contributed by atoms with E-state index in [0.29, 0.717) is 29.1 Å². The maximum atomic E-state index is 12.2. The van der Waals surface area contributed by atoms with Crippen molar-refractivity contribution in [3.8, 4) is 17.1 Å². The summed E-state index contributed by atoms with van der Waals surface area (Å²) in [4.78, 5) is 12.2. The molecule has 0 saturated carbocycles. The number of thioether (sulfide) groups is 1. The van der Waals surface area contributed by atoms with Crippen LogP contribution in [-0.2, 0) is 17.9 Å². The van der Waals surface area contributed by atoms with Crippen LogP contribution in [0.15, 0.2) is 66.3 Å². The van der Waals surface area contributed by atoms with Gasteiger partial charge in [-0.15, -0.1) is 16.8 Å². The van der Waals surface area contributed by atoms with Crippen LogP contribution < -0.4 is 10.1 Å². The van der Waals surface area contributed by atoms with Crippen molar-refractivity contribution in [1.29, 1.82) is 0 Å². The highest BCUT2D eigenvalue weighted by Gasteiger charge is 2.15. The first-order valence-electron chi connectivity index (χ1n) is 8.93. The highest BCUT2D eigenvalue weighted by molar-refractivity contribution is 7.99. The molecule has 150 valence electrons. The van der Waals surface area contributed by atoms with Crippen molar-refractivity contribution >= 4 is 29.3 Å². The Labute approximate surface area is 178 Å². The number of amides is 1. The van der Waals surface area contributed by atoms with Crippen LogP contribution in [0.25, 0.3) is 11.4 Å². The molecule has 2 aromatic carbocycles. The van der Waals surface area contributed by atoms with E-state index < -0.39 is 0 Å². The molecular weight excluding hydrogens is 408 g/mol. The van der Waals surface area contributed by atoms with Crippen LogP contribution in [-0.4, -0.2) is 33.5 Å². The quantitative estimate of drug-likeness (QED) is 0.408. The molecule has 0 unspecified atom stereocenters. The van der Waals surface area contributed by atoms with Crippen molar-refractivity contribution in [2.45, 2.75) is 18.2 Å². The van der Waals surface area contributed by atoms with Crippen LogP contribution >= 0.6 is 23.4 Å². The first-order valence-corrected chi connectivity index (χ1v) is 10.3. The molecule has 0 fully saturated rings. The number of methoxy groups -OCH3 is 1. The predicted molar refractivity (Wildman–Crippen MR) is 116 cm³/mol. The summed E-state index contributed by atoms with van der Waals surface area (Å²) in [7, 11) is 1.62. The molecule has 0 radical (unpaired) electrons. The number of rotatable bonds is 9. The summed E-state index contributed by atoms with van der Waals surface area (Å²) in [6.45, 7) is 4.80. The third kappa shape index (κ3) is 5.62. The maximum absolute atomic E-state index is 12.2. The minimum Gasteiger partial charge on any atom is -0.497 e. The molecule has 0 spiro atoms. The van der Waals surface area contributed by atoms with Gasteiger partial charge in [0.15, 0.2) is 11.0 Å². The fraction of sp³-hybridized carbons (Fsp3) is 0.190. The first-order chi connectivity index (χ1) is 14.1. The number of halogens is 1. The second kappa shape index (κ2) is 10.1. The van der Waals surface area contributed by atoms with Crippen molar-refractivity contribution in [2.24, 2.45) is 0 Å². The number of allylic oxidation sites excluding steroid dienone is 1. The lowest BCUT2D eigenvalue weighted by atomic mass is 10.2. The number of carbonyl (C=O) groups excluding carboxylic acids is 1. The van der Waals surface area contributed by atoms with Crippen molar-refractivity contribution in [3.63, 3.8) is 0 Å². The number of hydrogen-bond donors (Lipinski definition) is 1. The smallest absolute Gasteiger partial charge is 0.230 e. The summed E-state index contributed by atoms with van der Waals surface area (Å²) in [5, 5.41) is 12.8. The molecule has 1 amide bonds. The van der Waals surface area contributed by atoms with Crippen LogP contribution in [0, 0.1) is 0 Å². The Hall–Kier alpha value is -2.77. The van der Waals surface area contributed by atoms with E-state index >= 15 is 0 Å². The van der Waals surface area contributed by atoms with Crippen molar-refractivity contribution in [3.05, 3.63) is 71.8 Å². The lowest BCUT2D eigenvalue weighted by Crippen LogP contribution is -2.24. The van der Waals surface area contributed by atoms with E-state index in [1.54, 1.807) is 13.2 Å². The summed E-state index contributed by atoms with van der Waals surface area (Å²) < 4.78 is 7.06. The van der Waals surface area contributed by atoms with Crippen LogP contribution in [0.5, 0.6) is 5.75 Å². The van der Waals surface area contributed by atoms with Gasteiger partial charge >= 0.3 is 0 Å². The second-order valence-corrected chi connectivity index (χ2v) is 7.50. The zero-order valence-electron chi connectivity index (χ0n) is 16.0. The van der Waals surface area contributed by atoms with Gasteiger partial charge < -0.3 is 10.1 Å². The summed E-state index contributed by atoms with van der Waals surface area (Å²) in [6, 6.07) is 15.0. The molecule has 8 heteroatoms. The summed E-state index contributed by atoms with van der Waals surface area (Å²) in [5.41, 5.74) is 1.91. The van der Waals surface area contributed by atoms with Crippen LogP contribution in [0.4, 0.5) is 0 Å².